The second-order valence-corrected chi connectivity index (χ2v) is 8.87. The zero-order valence-electron chi connectivity index (χ0n) is 16.6. The van der Waals surface area contributed by atoms with Gasteiger partial charge in [-0.05, 0) is 55.0 Å². The molecule has 8 heteroatoms. The van der Waals surface area contributed by atoms with Crippen LogP contribution < -0.4 is 13.8 Å². The molecular weight excluding hydrogens is 426 g/mol. The van der Waals surface area contributed by atoms with Gasteiger partial charge in [-0.1, -0.05) is 35.9 Å². The van der Waals surface area contributed by atoms with E-state index >= 15 is 0 Å². The van der Waals surface area contributed by atoms with Gasteiger partial charge in [-0.2, -0.15) is 0 Å². The molecule has 0 aliphatic rings. The Labute approximate surface area is 180 Å². The molecule has 0 aliphatic carbocycles. The molecule has 0 fully saturated rings. The zero-order chi connectivity index (χ0) is 21.9. The summed E-state index contributed by atoms with van der Waals surface area (Å²) in [5.41, 5.74) is 1.11. The van der Waals surface area contributed by atoms with E-state index < -0.39 is 16.0 Å². The van der Waals surface area contributed by atoms with Crippen LogP contribution in [0, 0.1) is 6.92 Å². The van der Waals surface area contributed by atoms with Crippen molar-refractivity contribution >= 4 is 33.3 Å². The molecule has 0 saturated carbocycles. The molecule has 30 heavy (non-hydrogen) atoms. The number of rotatable bonds is 6. The lowest BCUT2D eigenvalue weighted by atomic mass is 10.1. The number of sulfonamides is 1. The summed E-state index contributed by atoms with van der Waals surface area (Å²) in [5, 5.41) is 0.423. The standard InChI is InChI=1S/C22H20ClNO5S/c1-15-11-12-18(14-19(15)22(25)29-17-8-6-7-16(23)13-17)30(26,27)24(2)20-9-4-5-10-21(20)28-3/h4-14H,1-3H3. The number of carbonyl (C=O) groups is 1. The smallest absolute Gasteiger partial charge is 0.343 e. The van der Waals surface area contributed by atoms with Crippen molar-refractivity contribution in [3.63, 3.8) is 0 Å². The minimum atomic E-state index is -3.95. The van der Waals surface area contributed by atoms with Crippen molar-refractivity contribution in [2.75, 3.05) is 18.5 Å². The van der Waals surface area contributed by atoms with Crippen LogP contribution in [-0.4, -0.2) is 28.5 Å². The van der Waals surface area contributed by atoms with Gasteiger partial charge >= 0.3 is 5.97 Å². The van der Waals surface area contributed by atoms with Gasteiger partial charge in [0.25, 0.3) is 10.0 Å². The van der Waals surface area contributed by atoms with Gasteiger partial charge in [0.15, 0.2) is 0 Å². The first-order valence-electron chi connectivity index (χ1n) is 8.94. The van der Waals surface area contributed by atoms with Gasteiger partial charge in [0, 0.05) is 12.1 Å². The van der Waals surface area contributed by atoms with Gasteiger partial charge in [0.2, 0.25) is 0 Å². The lowest BCUT2D eigenvalue weighted by Gasteiger charge is -2.22. The Kier molecular flexibility index (Phi) is 6.34. The average molecular weight is 446 g/mol. The molecule has 0 radical (unpaired) electrons. The third-order valence-corrected chi connectivity index (χ3v) is 6.52. The number of methoxy groups -OCH3 is 1. The highest BCUT2D eigenvalue weighted by Gasteiger charge is 2.25. The first-order valence-corrected chi connectivity index (χ1v) is 10.8. The number of carbonyl (C=O) groups excluding carboxylic acids is 1. The van der Waals surface area contributed by atoms with Crippen LogP contribution in [0.1, 0.15) is 15.9 Å². The van der Waals surface area contributed by atoms with E-state index in [-0.39, 0.29) is 16.2 Å². The van der Waals surface area contributed by atoms with Crippen LogP contribution in [0.2, 0.25) is 5.02 Å². The van der Waals surface area contributed by atoms with E-state index in [2.05, 4.69) is 0 Å². The van der Waals surface area contributed by atoms with E-state index in [4.69, 9.17) is 21.1 Å². The first kappa shape index (κ1) is 21.7. The van der Waals surface area contributed by atoms with Crippen molar-refractivity contribution in [2.45, 2.75) is 11.8 Å². The van der Waals surface area contributed by atoms with Crippen LogP contribution in [-0.2, 0) is 10.0 Å². The lowest BCUT2D eigenvalue weighted by Crippen LogP contribution is -2.27. The van der Waals surface area contributed by atoms with E-state index in [1.807, 2.05) is 0 Å². The van der Waals surface area contributed by atoms with Crippen molar-refractivity contribution in [2.24, 2.45) is 0 Å². The summed E-state index contributed by atoms with van der Waals surface area (Å²) in [6, 6.07) is 17.5. The number of halogens is 1. The fraction of sp³-hybridized carbons (Fsp3) is 0.136. The maximum absolute atomic E-state index is 13.2. The van der Waals surface area contributed by atoms with E-state index in [0.717, 1.165) is 4.31 Å². The van der Waals surface area contributed by atoms with Gasteiger partial charge in [-0.3, -0.25) is 4.31 Å². The van der Waals surface area contributed by atoms with Gasteiger partial charge in [-0.25, -0.2) is 13.2 Å². The molecule has 0 atom stereocenters. The maximum Gasteiger partial charge on any atom is 0.343 e. The van der Waals surface area contributed by atoms with Crippen LogP contribution >= 0.6 is 11.6 Å². The highest BCUT2D eigenvalue weighted by Crippen LogP contribution is 2.31. The monoisotopic (exact) mass is 445 g/mol. The van der Waals surface area contributed by atoms with E-state index in [1.165, 1.54) is 32.4 Å². The molecule has 0 spiro atoms. The fourth-order valence-electron chi connectivity index (χ4n) is 2.85. The van der Waals surface area contributed by atoms with Gasteiger partial charge in [0.1, 0.15) is 11.5 Å². The predicted molar refractivity (Wildman–Crippen MR) is 116 cm³/mol. The maximum atomic E-state index is 13.2. The third-order valence-electron chi connectivity index (χ3n) is 4.52. The normalized spacial score (nSPS) is 11.1. The lowest BCUT2D eigenvalue weighted by molar-refractivity contribution is 0.0734. The Morgan fingerprint density at radius 1 is 1.00 bits per heavy atom. The molecule has 6 nitrogen and oxygen atoms in total. The topological polar surface area (TPSA) is 72.9 Å². The molecule has 0 N–H and O–H groups in total. The van der Waals surface area contributed by atoms with Gasteiger partial charge in [-0.15, -0.1) is 0 Å². The Balaban J connectivity index is 1.96. The highest BCUT2D eigenvalue weighted by atomic mass is 35.5. The van der Waals surface area contributed by atoms with Crippen molar-refractivity contribution < 1.29 is 22.7 Å². The van der Waals surface area contributed by atoms with E-state index in [1.54, 1.807) is 55.5 Å². The molecule has 0 bridgehead atoms. The molecular formula is C22H20ClNO5S. The molecule has 3 aromatic rings. The zero-order valence-corrected chi connectivity index (χ0v) is 18.2. The SMILES string of the molecule is COc1ccccc1N(C)S(=O)(=O)c1ccc(C)c(C(=O)Oc2cccc(Cl)c2)c1. The minimum Gasteiger partial charge on any atom is -0.495 e. The predicted octanol–water partition coefficient (Wildman–Crippen LogP) is 4.70. The van der Waals surface area contributed by atoms with E-state index in [9.17, 15) is 13.2 Å². The van der Waals surface area contributed by atoms with Crippen LogP contribution in [0.15, 0.2) is 71.6 Å². The second kappa shape index (κ2) is 8.77. The molecule has 3 rings (SSSR count). The third kappa shape index (κ3) is 4.42. The quantitative estimate of drug-likeness (QED) is 0.406. The molecule has 156 valence electrons. The van der Waals surface area contributed by atoms with Crippen molar-refractivity contribution in [1.29, 1.82) is 0 Å². The Morgan fingerprint density at radius 3 is 2.43 bits per heavy atom. The fourth-order valence-corrected chi connectivity index (χ4v) is 4.26. The first-order chi connectivity index (χ1) is 14.2. The second-order valence-electron chi connectivity index (χ2n) is 6.47. The minimum absolute atomic E-state index is 0.0421. The molecule has 3 aromatic carbocycles. The largest absolute Gasteiger partial charge is 0.495 e. The number of hydrogen-bond donors (Lipinski definition) is 0. The molecule has 0 heterocycles. The Morgan fingerprint density at radius 2 is 1.73 bits per heavy atom. The summed E-state index contributed by atoms with van der Waals surface area (Å²) in [4.78, 5) is 12.6. The summed E-state index contributed by atoms with van der Waals surface area (Å²) < 4.78 is 38.1. The summed E-state index contributed by atoms with van der Waals surface area (Å²) in [5.74, 6) is 0.00865. The number of para-hydroxylation sites is 2. The number of aryl methyl sites for hydroxylation is 1. The number of ether oxygens (including phenoxy) is 2. The van der Waals surface area contributed by atoms with Crippen molar-refractivity contribution in [3.05, 3.63) is 82.9 Å². The Bertz CT molecular complexity index is 1190. The van der Waals surface area contributed by atoms with Crippen molar-refractivity contribution in [1.82, 2.24) is 0 Å². The van der Waals surface area contributed by atoms with E-state index in [0.29, 0.717) is 22.0 Å². The van der Waals surface area contributed by atoms with Crippen LogP contribution in [0.5, 0.6) is 11.5 Å². The molecule has 0 amide bonds. The highest BCUT2D eigenvalue weighted by molar-refractivity contribution is 7.92. The summed E-state index contributed by atoms with van der Waals surface area (Å²) in [7, 11) is -1.06. The summed E-state index contributed by atoms with van der Waals surface area (Å²) in [6.07, 6.45) is 0. The van der Waals surface area contributed by atoms with Gasteiger partial charge < -0.3 is 9.47 Å². The number of anilines is 1. The molecule has 0 unspecified atom stereocenters. The molecule has 0 aromatic heterocycles. The number of esters is 1. The Hall–Kier alpha value is -3.03. The number of benzene rings is 3. The molecule has 0 saturated heterocycles. The number of hydrogen-bond acceptors (Lipinski definition) is 5. The van der Waals surface area contributed by atoms with Crippen LogP contribution in [0.3, 0.4) is 0 Å². The summed E-state index contributed by atoms with van der Waals surface area (Å²) in [6.45, 7) is 1.70. The van der Waals surface area contributed by atoms with Crippen LogP contribution in [0.25, 0.3) is 0 Å². The average Bonchev–Trinajstić information content (AvgIpc) is 2.73. The van der Waals surface area contributed by atoms with Crippen LogP contribution in [0.4, 0.5) is 5.69 Å². The van der Waals surface area contributed by atoms with Gasteiger partial charge in [0.05, 0.1) is 23.3 Å². The van der Waals surface area contributed by atoms with Crippen molar-refractivity contribution in [3.8, 4) is 11.5 Å². The summed E-state index contributed by atoms with van der Waals surface area (Å²) >= 11 is 5.92. The number of nitrogens with zero attached hydrogens (tertiary/aromatic N) is 1. The molecule has 0 aliphatic heterocycles.